The van der Waals surface area contributed by atoms with Crippen LogP contribution in [0.3, 0.4) is 0 Å². The molecule has 3 aromatic rings. The average molecular weight is 402 g/mol. The molecule has 0 spiro atoms. The number of rotatable bonds is 4. The van der Waals surface area contributed by atoms with Crippen LogP contribution in [0.1, 0.15) is 5.56 Å². The predicted molar refractivity (Wildman–Crippen MR) is 112 cm³/mol. The largest absolute Gasteiger partial charge is 0.508 e. The molecule has 134 valence electrons. The van der Waals surface area contributed by atoms with Crippen LogP contribution < -0.4 is 0 Å². The number of benzene rings is 2. The number of ether oxygens (including phenoxy) is 1. The van der Waals surface area contributed by atoms with E-state index in [1.165, 1.54) is 4.88 Å². The molecule has 2 aromatic carbocycles. The third-order valence-corrected chi connectivity index (χ3v) is 7.60. The van der Waals surface area contributed by atoms with E-state index >= 15 is 0 Å². The molecule has 4 rings (SSSR count). The monoisotopic (exact) mass is 401 g/mol. The van der Waals surface area contributed by atoms with Gasteiger partial charge in [0.25, 0.3) is 0 Å². The van der Waals surface area contributed by atoms with Crippen molar-refractivity contribution >= 4 is 32.9 Å². The van der Waals surface area contributed by atoms with Crippen molar-refractivity contribution in [2.75, 3.05) is 26.3 Å². The summed E-state index contributed by atoms with van der Waals surface area (Å²) in [5, 5.41) is 10.3. The van der Waals surface area contributed by atoms with Crippen LogP contribution in [0.15, 0.2) is 48.5 Å². The summed E-state index contributed by atoms with van der Waals surface area (Å²) in [5.41, 5.74) is 4.33. The minimum absolute atomic E-state index is 0.348. The van der Waals surface area contributed by atoms with Crippen LogP contribution in [0.5, 0.6) is 5.75 Å². The Bertz CT molecular complexity index is 943. The molecular formula is C20H19NO2S3. The fourth-order valence-corrected chi connectivity index (χ4v) is 6.07. The van der Waals surface area contributed by atoms with Gasteiger partial charge in [0.15, 0.2) is 0 Å². The van der Waals surface area contributed by atoms with Crippen LogP contribution >= 0.6 is 32.9 Å². The average Bonchev–Trinajstić information content (AvgIpc) is 3.06. The zero-order chi connectivity index (χ0) is 17.9. The highest BCUT2D eigenvalue weighted by Crippen LogP contribution is 2.42. The summed E-state index contributed by atoms with van der Waals surface area (Å²) in [7, 11) is 3.34. The highest BCUT2D eigenvalue weighted by Gasteiger charge is 2.16. The number of hydrogen-bond donors (Lipinski definition) is 1. The highest BCUT2D eigenvalue weighted by atomic mass is 32.9. The minimum atomic E-state index is 0.348. The van der Waals surface area contributed by atoms with Crippen molar-refractivity contribution in [2.24, 2.45) is 0 Å². The number of phenolic OH excluding ortho intramolecular Hbond substituents is 1. The Kier molecular flexibility index (Phi) is 5.47. The molecule has 1 saturated heterocycles. The summed E-state index contributed by atoms with van der Waals surface area (Å²) in [4.78, 5) is 3.49. The van der Waals surface area contributed by atoms with Gasteiger partial charge in [0.05, 0.1) is 18.1 Å². The van der Waals surface area contributed by atoms with Gasteiger partial charge < -0.3 is 9.84 Å². The van der Waals surface area contributed by atoms with Crippen molar-refractivity contribution in [3.05, 3.63) is 57.9 Å². The van der Waals surface area contributed by atoms with E-state index in [1.807, 2.05) is 24.3 Å². The molecule has 1 aliphatic heterocycles. The molecule has 0 saturated carbocycles. The first-order valence-corrected chi connectivity index (χ1v) is 11.1. The zero-order valence-electron chi connectivity index (χ0n) is 14.2. The topological polar surface area (TPSA) is 32.7 Å². The number of morpholine rings is 1. The minimum Gasteiger partial charge on any atom is -0.508 e. The Morgan fingerprint density at radius 2 is 1.77 bits per heavy atom. The van der Waals surface area contributed by atoms with E-state index in [0.717, 1.165) is 58.9 Å². The van der Waals surface area contributed by atoms with Gasteiger partial charge in [-0.15, -0.1) is 0 Å². The van der Waals surface area contributed by atoms with E-state index < -0.39 is 0 Å². The Balaban J connectivity index is 1.71. The van der Waals surface area contributed by atoms with Crippen molar-refractivity contribution in [1.29, 1.82) is 0 Å². The molecule has 26 heavy (non-hydrogen) atoms. The van der Waals surface area contributed by atoms with Crippen LogP contribution in [-0.4, -0.2) is 36.3 Å². The first-order chi connectivity index (χ1) is 12.7. The lowest BCUT2D eigenvalue weighted by atomic mass is 10.0. The summed E-state index contributed by atoms with van der Waals surface area (Å²) in [6.07, 6.45) is 0. The van der Waals surface area contributed by atoms with E-state index in [-0.39, 0.29) is 0 Å². The van der Waals surface area contributed by atoms with Crippen molar-refractivity contribution in [1.82, 2.24) is 4.90 Å². The van der Waals surface area contributed by atoms with Crippen LogP contribution in [-0.2, 0) is 11.3 Å². The maximum Gasteiger partial charge on any atom is 0.120 e. The molecule has 0 radical (unpaired) electrons. The fourth-order valence-electron chi connectivity index (χ4n) is 3.16. The molecule has 0 aliphatic carbocycles. The van der Waals surface area contributed by atoms with Crippen LogP contribution in [0.4, 0.5) is 0 Å². The Hall–Kier alpha value is -1.57. The summed E-state index contributed by atoms with van der Waals surface area (Å²) in [6, 6.07) is 16.2. The molecule has 0 amide bonds. The van der Waals surface area contributed by atoms with Gasteiger partial charge in [0.1, 0.15) is 9.57 Å². The lowest BCUT2D eigenvalue weighted by molar-refractivity contribution is 0.0339. The molecule has 1 aromatic heterocycles. The van der Waals surface area contributed by atoms with E-state index in [4.69, 9.17) is 17.0 Å². The molecule has 1 fully saturated rings. The van der Waals surface area contributed by atoms with E-state index in [0.29, 0.717) is 5.75 Å². The van der Waals surface area contributed by atoms with Gasteiger partial charge in [-0.25, -0.2) is 0 Å². The Morgan fingerprint density at radius 3 is 2.54 bits per heavy atom. The molecule has 3 nitrogen and oxygen atoms in total. The van der Waals surface area contributed by atoms with Crippen molar-refractivity contribution in [2.45, 2.75) is 6.54 Å². The second-order valence-electron chi connectivity index (χ2n) is 6.26. The first-order valence-electron chi connectivity index (χ1n) is 8.53. The SMILES string of the molecule is Oc1ccc(-c2ssc(=S)c2-c2ccccc2)cc1CN1CCOCC1. The van der Waals surface area contributed by atoms with E-state index in [2.05, 4.69) is 23.1 Å². The predicted octanol–water partition coefficient (Wildman–Crippen LogP) is 5.41. The highest BCUT2D eigenvalue weighted by molar-refractivity contribution is 7.80. The number of phenols is 1. The second-order valence-corrected chi connectivity index (χ2v) is 9.07. The van der Waals surface area contributed by atoms with Crippen molar-refractivity contribution in [3.63, 3.8) is 0 Å². The smallest absolute Gasteiger partial charge is 0.120 e. The van der Waals surface area contributed by atoms with Crippen molar-refractivity contribution < 1.29 is 9.84 Å². The van der Waals surface area contributed by atoms with Gasteiger partial charge >= 0.3 is 0 Å². The van der Waals surface area contributed by atoms with Crippen LogP contribution in [0, 0.1) is 3.82 Å². The maximum absolute atomic E-state index is 10.3. The van der Waals surface area contributed by atoms with Gasteiger partial charge in [-0.2, -0.15) is 0 Å². The maximum atomic E-state index is 10.3. The second kappa shape index (κ2) is 7.98. The lowest BCUT2D eigenvalue weighted by Gasteiger charge is -2.27. The van der Waals surface area contributed by atoms with Gasteiger partial charge in [-0.3, -0.25) is 4.90 Å². The zero-order valence-corrected chi connectivity index (χ0v) is 16.6. The molecule has 6 heteroatoms. The lowest BCUT2D eigenvalue weighted by Crippen LogP contribution is -2.35. The summed E-state index contributed by atoms with van der Waals surface area (Å²) < 4.78 is 6.33. The first kappa shape index (κ1) is 17.8. The molecule has 2 heterocycles. The third kappa shape index (κ3) is 3.75. The van der Waals surface area contributed by atoms with Gasteiger partial charge in [0, 0.05) is 30.8 Å². The molecular weight excluding hydrogens is 382 g/mol. The standard InChI is InChI=1S/C20H19NO2S3/c22-17-7-6-15(12-16(17)13-21-8-10-23-11-9-21)19-18(20(24)26-25-19)14-4-2-1-3-5-14/h1-7,12,22H,8-11,13H2. The molecule has 0 unspecified atom stereocenters. The van der Waals surface area contributed by atoms with Gasteiger partial charge in [-0.05, 0) is 29.3 Å². The molecule has 0 bridgehead atoms. The van der Waals surface area contributed by atoms with Gasteiger partial charge in [-0.1, -0.05) is 63.2 Å². The van der Waals surface area contributed by atoms with E-state index in [9.17, 15) is 5.11 Å². The third-order valence-electron chi connectivity index (χ3n) is 4.53. The molecule has 0 atom stereocenters. The van der Waals surface area contributed by atoms with E-state index in [1.54, 1.807) is 26.7 Å². The van der Waals surface area contributed by atoms with Crippen molar-refractivity contribution in [3.8, 4) is 27.3 Å². The fraction of sp³-hybridized carbons (Fsp3) is 0.250. The Morgan fingerprint density at radius 1 is 1.00 bits per heavy atom. The number of aromatic hydroxyl groups is 1. The van der Waals surface area contributed by atoms with Crippen LogP contribution in [0.2, 0.25) is 0 Å². The number of nitrogens with zero attached hydrogens (tertiary/aromatic N) is 1. The van der Waals surface area contributed by atoms with Crippen LogP contribution in [0.25, 0.3) is 21.6 Å². The molecule has 1 aliphatic rings. The summed E-state index contributed by atoms with van der Waals surface area (Å²) in [6.45, 7) is 4.04. The number of hydrogen-bond acceptors (Lipinski definition) is 6. The molecule has 1 N–H and O–H groups in total. The summed E-state index contributed by atoms with van der Waals surface area (Å²) >= 11 is 5.60. The Labute approximate surface area is 165 Å². The quantitative estimate of drug-likeness (QED) is 0.468. The normalized spacial score (nSPS) is 15.2. The summed E-state index contributed by atoms with van der Waals surface area (Å²) in [5.74, 6) is 0.348. The van der Waals surface area contributed by atoms with Gasteiger partial charge in [0.2, 0.25) is 0 Å².